The van der Waals surface area contributed by atoms with Crippen LogP contribution in [0.5, 0.6) is 0 Å². The molecule has 0 aliphatic carbocycles. The number of rotatable bonds is 4. The lowest BCUT2D eigenvalue weighted by atomic mass is 9.97. The van der Waals surface area contributed by atoms with E-state index in [-0.39, 0.29) is 22.5 Å². The minimum atomic E-state index is -0.159. The standard InChI is InChI=1S/C25H20Cl3N3OS2/c1-14-2-4-16(5-3-14)22-20(15-6-8-18(26)9-7-15)29-24(33-22)17-10-12-31(13-11-17)25(32)21-19(27)23(28)34-30-21/h2-9,17H,10-13H2,1H3. The molecule has 0 bridgehead atoms. The molecule has 34 heavy (non-hydrogen) atoms. The molecule has 0 spiro atoms. The molecule has 1 aliphatic heterocycles. The van der Waals surface area contributed by atoms with E-state index >= 15 is 0 Å². The molecule has 1 saturated heterocycles. The smallest absolute Gasteiger partial charge is 0.275 e. The van der Waals surface area contributed by atoms with Gasteiger partial charge in [-0.3, -0.25) is 4.79 Å². The van der Waals surface area contributed by atoms with Crippen LogP contribution in [-0.2, 0) is 0 Å². The van der Waals surface area contributed by atoms with Crippen LogP contribution < -0.4 is 0 Å². The maximum Gasteiger partial charge on any atom is 0.275 e. The fourth-order valence-electron chi connectivity index (χ4n) is 4.09. The van der Waals surface area contributed by atoms with E-state index in [1.807, 2.05) is 29.2 Å². The Bertz CT molecular complexity index is 1260. The molecule has 0 atom stereocenters. The summed E-state index contributed by atoms with van der Waals surface area (Å²) in [5.74, 6) is 0.127. The number of halogens is 3. The van der Waals surface area contributed by atoms with Gasteiger partial charge in [-0.15, -0.1) is 11.3 Å². The van der Waals surface area contributed by atoms with Crippen LogP contribution in [0.25, 0.3) is 21.7 Å². The molecular formula is C25H20Cl3N3OS2. The minimum Gasteiger partial charge on any atom is -0.337 e. The summed E-state index contributed by atoms with van der Waals surface area (Å²) in [6, 6.07) is 16.4. The van der Waals surface area contributed by atoms with Gasteiger partial charge in [0.15, 0.2) is 5.69 Å². The van der Waals surface area contributed by atoms with E-state index in [2.05, 4.69) is 35.6 Å². The van der Waals surface area contributed by atoms with Gasteiger partial charge in [0.25, 0.3) is 5.91 Å². The van der Waals surface area contributed by atoms with Crippen LogP contribution in [0.1, 0.15) is 39.8 Å². The lowest BCUT2D eigenvalue weighted by Gasteiger charge is -2.30. The van der Waals surface area contributed by atoms with Gasteiger partial charge in [0.05, 0.1) is 15.6 Å². The predicted molar refractivity (Wildman–Crippen MR) is 143 cm³/mol. The molecule has 3 heterocycles. The van der Waals surface area contributed by atoms with Crippen LogP contribution in [0, 0.1) is 6.92 Å². The molecule has 0 saturated carbocycles. The molecule has 1 amide bonds. The number of thiazole rings is 1. The third-order valence-corrected chi connectivity index (χ3v) is 9.14. The number of nitrogens with zero attached hydrogens (tertiary/aromatic N) is 3. The van der Waals surface area contributed by atoms with E-state index in [1.165, 1.54) is 5.56 Å². The van der Waals surface area contributed by atoms with Crippen molar-refractivity contribution in [3.8, 4) is 21.7 Å². The predicted octanol–water partition coefficient (Wildman–Crippen LogP) is 8.22. The van der Waals surface area contributed by atoms with Gasteiger partial charge in [-0.2, -0.15) is 4.37 Å². The van der Waals surface area contributed by atoms with Crippen molar-refractivity contribution in [1.29, 1.82) is 0 Å². The third kappa shape index (κ3) is 4.75. The van der Waals surface area contributed by atoms with Crippen LogP contribution >= 0.6 is 57.7 Å². The quantitative estimate of drug-likeness (QED) is 0.258. The zero-order valence-corrected chi connectivity index (χ0v) is 22.1. The summed E-state index contributed by atoms with van der Waals surface area (Å²) in [6.45, 7) is 3.35. The summed E-state index contributed by atoms with van der Waals surface area (Å²) in [6.07, 6.45) is 1.67. The van der Waals surface area contributed by atoms with E-state index in [0.29, 0.717) is 22.4 Å². The Hall–Kier alpha value is -1.96. The van der Waals surface area contributed by atoms with Gasteiger partial charge in [-0.1, -0.05) is 76.8 Å². The van der Waals surface area contributed by atoms with Crippen LogP contribution in [0.3, 0.4) is 0 Å². The molecule has 5 rings (SSSR count). The van der Waals surface area contributed by atoms with Crippen molar-refractivity contribution < 1.29 is 4.79 Å². The van der Waals surface area contributed by atoms with Crippen molar-refractivity contribution in [2.24, 2.45) is 0 Å². The summed E-state index contributed by atoms with van der Waals surface area (Å²) < 4.78 is 4.48. The Balaban J connectivity index is 1.40. The van der Waals surface area contributed by atoms with E-state index < -0.39 is 0 Å². The highest BCUT2D eigenvalue weighted by Crippen LogP contribution is 2.42. The highest BCUT2D eigenvalue weighted by atomic mass is 35.5. The molecule has 2 aromatic heterocycles. The largest absolute Gasteiger partial charge is 0.337 e. The molecule has 174 valence electrons. The van der Waals surface area contributed by atoms with Crippen molar-refractivity contribution >= 4 is 63.6 Å². The van der Waals surface area contributed by atoms with Crippen molar-refractivity contribution in [1.82, 2.24) is 14.3 Å². The zero-order chi connectivity index (χ0) is 23.8. The highest BCUT2D eigenvalue weighted by molar-refractivity contribution is 7.15. The average molecular weight is 549 g/mol. The van der Waals surface area contributed by atoms with Crippen LogP contribution in [0.2, 0.25) is 14.4 Å². The van der Waals surface area contributed by atoms with Gasteiger partial charge >= 0.3 is 0 Å². The fraction of sp³-hybridized carbons (Fsp3) is 0.240. The maximum atomic E-state index is 12.9. The first kappa shape index (κ1) is 23.8. The average Bonchev–Trinajstić information content (AvgIpc) is 3.44. The topological polar surface area (TPSA) is 46.1 Å². The van der Waals surface area contributed by atoms with Gasteiger partial charge in [0, 0.05) is 29.6 Å². The third-order valence-electron chi connectivity index (χ3n) is 6.01. The maximum absolute atomic E-state index is 12.9. The monoisotopic (exact) mass is 547 g/mol. The summed E-state index contributed by atoms with van der Waals surface area (Å²) >= 11 is 21.1. The van der Waals surface area contributed by atoms with Gasteiger partial charge < -0.3 is 4.90 Å². The van der Waals surface area contributed by atoms with E-state index in [9.17, 15) is 4.79 Å². The van der Waals surface area contributed by atoms with Crippen LogP contribution in [-0.4, -0.2) is 33.3 Å². The lowest BCUT2D eigenvalue weighted by Crippen LogP contribution is -2.38. The Morgan fingerprint density at radius 2 is 1.62 bits per heavy atom. The zero-order valence-electron chi connectivity index (χ0n) is 18.2. The number of hydrogen-bond donors (Lipinski definition) is 0. The van der Waals surface area contributed by atoms with E-state index in [1.54, 1.807) is 11.3 Å². The second-order valence-electron chi connectivity index (χ2n) is 8.29. The molecule has 9 heteroatoms. The molecule has 0 unspecified atom stereocenters. The van der Waals surface area contributed by atoms with Crippen LogP contribution in [0.15, 0.2) is 48.5 Å². The molecule has 1 aliphatic rings. The Morgan fingerprint density at radius 3 is 2.24 bits per heavy atom. The molecule has 4 nitrogen and oxygen atoms in total. The first-order valence-corrected chi connectivity index (χ1v) is 13.6. The van der Waals surface area contributed by atoms with Crippen molar-refractivity contribution in [2.75, 3.05) is 13.1 Å². The molecule has 2 aromatic carbocycles. The van der Waals surface area contributed by atoms with Gasteiger partial charge in [0.1, 0.15) is 9.36 Å². The Morgan fingerprint density at radius 1 is 0.971 bits per heavy atom. The number of carbonyl (C=O) groups is 1. The first-order chi connectivity index (χ1) is 16.4. The summed E-state index contributed by atoms with van der Waals surface area (Å²) in [4.78, 5) is 20.9. The van der Waals surface area contributed by atoms with Gasteiger partial charge in [0.2, 0.25) is 0 Å². The van der Waals surface area contributed by atoms with Crippen molar-refractivity contribution in [3.05, 3.63) is 79.2 Å². The number of amides is 1. The number of benzene rings is 2. The van der Waals surface area contributed by atoms with Gasteiger partial charge in [-0.25, -0.2) is 4.98 Å². The van der Waals surface area contributed by atoms with Crippen molar-refractivity contribution in [2.45, 2.75) is 25.7 Å². The number of piperidine rings is 1. The van der Waals surface area contributed by atoms with Gasteiger partial charge in [-0.05, 0) is 49.0 Å². The number of hydrogen-bond acceptors (Lipinski definition) is 5. The Kier molecular flexibility index (Phi) is 6.96. The number of likely N-dealkylation sites (tertiary alicyclic amines) is 1. The summed E-state index contributed by atoms with van der Waals surface area (Å²) in [5, 5.41) is 2.05. The molecule has 0 N–H and O–H groups in total. The SMILES string of the molecule is Cc1ccc(-c2sc(C3CCN(C(=O)c4nsc(Cl)c4Cl)CC3)nc2-c2ccc(Cl)cc2)cc1. The van der Waals surface area contributed by atoms with E-state index in [0.717, 1.165) is 51.1 Å². The second-order valence-corrected chi connectivity index (χ2v) is 11.5. The first-order valence-electron chi connectivity index (χ1n) is 10.8. The number of aromatic nitrogens is 2. The fourth-order valence-corrected chi connectivity index (χ4v) is 6.46. The summed E-state index contributed by atoms with van der Waals surface area (Å²) in [5.41, 5.74) is 4.64. The van der Waals surface area contributed by atoms with E-state index in [4.69, 9.17) is 39.8 Å². The number of carbonyl (C=O) groups excluding carboxylic acids is 1. The number of aryl methyl sites for hydroxylation is 1. The molecule has 1 fully saturated rings. The van der Waals surface area contributed by atoms with Crippen molar-refractivity contribution in [3.63, 3.8) is 0 Å². The molecule has 0 radical (unpaired) electrons. The Labute approximate surface area is 221 Å². The normalized spacial score (nSPS) is 14.5. The lowest BCUT2D eigenvalue weighted by molar-refractivity contribution is 0.0708. The second kappa shape index (κ2) is 9.96. The highest BCUT2D eigenvalue weighted by Gasteiger charge is 2.30. The summed E-state index contributed by atoms with van der Waals surface area (Å²) in [7, 11) is 0. The molecule has 4 aromatic rings. The van der Waals surface area contributed by atoms with Crippen LogP contribution in [0.4, 0.5) is 0 Å². The minimum absolute atomic E-state index is 0.159. The molecular weight excluding hydrogens is 529 g/mol.